The molecular formula is C11H22N2O4. The molecule has 0 aliphatic heterocycles. The van der Waals surface area contributed by atoms with E-state index >= 15 is 0 Å². The normalized spacial score (nSPS) is 16.9. The van der Waals surface area contributed by atoms with Crippen molar-refractivity contribution in [2.45, 2.75) is 58.4 Å². The predicted octanol–water partition coefficient (Wildman–Crippen LogP) is -0.459. The number of aliphatic hydroxyl groups is 1. The molecule has 6 heteroatoms. The molecule has 17 heavy (non-hydrogen) atoms. The van der Waals surface area contributed by atoms with E-state index in [1.165, 1.54) is 13.8 Å². The Labute approximate surface area is 102 Å². The van der Waals surface area contributed by atoms with E-state index in [0.717, 1.165) is 0 Å². The molecule has 100 valence electrons. The number of rotatable bonds is 4. The summed E-state index contributed by atoms with van der Waals surface area (Å²) in [5.74, 6) is -1.12. The fourth-order valence-electron chi connectivity index (χ4n) is 0.978. The number of nitrogens with two attached hydrogens (primary N) is 1. The van der Waals surface area contributed by atoms with Crippen LogP contribution in [-0.4, -0.2) is 40.8 Å². The predicted molar refractivity (Wildman–Crippen MR) is 63.1 cm³/mol. The third-order valence-corrected chi connectivity index (χ3v) is 1.94. The van der Waals surface area contributed by atoms with Crippen LogP contribution in [0.4, 0.5) is 0 Å². The van der Waals surface area contributed by atoms with E-state index in [2.05, 4.69) is 5.32 Å². The van der Waals surface area contributed by atoms with E-state index in [4.69, 9.17) is 15.6 Å². The lowest BCUT2D eigenvalue weighted by Gasteiger charge is -2.23. The van der Waals surface area contributed by atoms with E-state index in [1.807, 2.05) is 0 Å². The zero-order valence-corrected chi connectivity index (χ0v) is 11.0. The van der Waals surface area contributed by atoms with Crippen LogP contribution in [0.3, 0.4) is 0 Å². The van der Waals surface area contributed by atoms with Crippen LogP contribution in [-0.2, 0) is 14.3 Å². The van der Waals surface area contributed by atoms with Crippen LogP contribution in [0.25, 0.3) is 0 Å². The lowest BCUT2D eigenvalue weighted by atomic mass is 10.1. The van der Waals surface area contributed by atoms with Crippen LogP contribution in [0.5, 0.6) is 0 Å². The summed E-state index contributed by atoms with van der Waals surface area (Å²) in [6.07, 6.45) is -0.971. The minimum absolute atomic E-state index is 0.538. The molecule has 0 aromatic heterocycles. The minimum Gasteiger partial charge on any atom is -0.458 e. The molecule has 0 saturated heterocycles. The van der Waals surface area contributed by atoms with Gasteiger partial charge in [-0.3, -0.25) is 4.79 Å². The van der Waals surface area contributed by atoms with Crippen molar-refractivity contribution in [1.82, 2.24) is 5.32 Å². The number of hydrogen-bond acceptors (Lipinski definition) is 5. The first-order chi connectivity index (χ1) is 7.54. The molecule has 0 heterocycles. The summed E-state index contributed by atoms with van der Waals surface area (Å²) in [6.45, 7) is 8.12. The topological polar surface area (TPSA) is 102 Å². The monoisotopic (exact) mass is 246 g/mol. The van der Waals surface area contributed by atoms with Gasteiger partial charge in [-0.1, -0.05) is 0 Å². The number of hydrogen-bond donors (Lipinski definition) is 3. The highest BCUT2D eigenvalue weighted by molar-refractivity contribution is 5.87. The molecule has 0 aliphatic rings. The first-order valence-electron chi connectivity index (χ1n) is 5.51. The van der Waals surface area contributed by atoms with Crippen LogP contribution in [0.15, 0.2) is 0 Å². The smallest absolute Gasteiger partial charge is 0.328 e. The summed E-state index contributed by atoms with van der Waals surface area (Å²) in [7, 11) is 0. The summed E-state index contributed by atoms with van der Waals surface area (Å²) >= 11 is 0. The highest BCUT2D eigenvalue weighted by Crippen LogP contribution is 2.08. The maximum absolute atomic E-state index is 11.5. The van der Waals surface area contributed by atoms with Gasteiger partial charge in [-0.15, -0.1) is 0 Å². The Morgan fingerprint density at radius 2 is 1.76 bits per heavy atom. The lowest BCUT2D eigenvalue weighted by Crippen LogP contribution is -2.52. The standard InChI is InChI=1S/C11H22N2O4/c1-6(10(16)17-11(3,4)5)13-9(15)8(12)7(2)14/h6-8,14H,12H2,1-5H3,(H,13,15)/t6-,7-,8+/m0/s1. The number of carbonyl (C=O) groups is 2. The maximum Gasteiger partial charge on any atom is 0.328 e. The van der Waals surface area contributed by atoms with Crippen molar-refractivity contribution in [3.63, 3.8) is 0 Å². The summed E-state index contributed by atoms with van der Waals surface area (Å²) in [5.41, 5.74) is 4.81. The number of aliphatic hydroxyl groups excluding tert-OH is 1. The molecule has 0 unspecified atom stereocenters. The number of amides is 1. The van der Waals surface area contributed by atoms with E-state index in [1.54, 1.807) is 20.8 Å². The van der Waals surface area contributed by atoms with Crippen molar-refractivity contribution in [2.24, 2.45) is 5.73 Å². The second-order valence-electron chi connectivity index (χ2n) is 5.03. The summed E-state index contributed by atoms with van der Waals surface area (Å²) in [4.78, 5) is 23.0. The van der Waals surface area contributed by atoms with Crippen molar-refractivity contribution in [1.29, 1.82) is 0 Å². The summed E-state index contributed by atoms with van der Waals surface area (Å²) < 4.78 is 5.08. The zero-order valence-electron chi connectivity index (χ0n) is 11.0. The quantitative estimate of drug-likeness (QED) is 0.583. The van der Waals surface area contributed by atoms with Gasteiger partial charge in [0.2, 0.25) is 5.91 Å². The molecule has 0 fully saturated rings. The van der Waals surface area contributed by atoms with E-state index < -0.39 is 35.7 Å². The Kier molecular flexibility index (Phi) is 5.57. The fourth-order valence-corrected chi connectivity index (χ4v) is 0.978. The second kappa shape index (κ2) is 5.97. The van der Waals surface area contributed by atoms with Crippen LogP contribution < -0.4 is 11.1 Å². The molecule has 4 N–H and O–H groups in total. The fraction of sp³-hybridized carbons (Fsp3) is 0.818. The zero-order chi connectivity index (χ0) is 13.8. The Balaban J connectivity index is 4.31. The van der Waals surface area contributed by atoms with Gasteiger partial charge in [0.1, 0.15) is 17.7 Å². The van der Waals surface area contributed by atoms with Gasteiger partial charge in [0.05, 0.1) is 6.10 Å². The van der Waals surface area contributed by atoms with Gasteiger partial charge in [0, 0.05) is 0 Å². The first kappa shape index (κ1) is 15.9. The first-order valence-corrected chi connectivity index (χ1v) is 5.51. The van der Waals surface area contributed by atoms with Gasteiger partial charge in [-0.25, -0.2) is 4.79 Å². The molecule has 0 bridgehead atoms. The molecular weight excluding hydrogens is 224 g/mol. The van der Waals surface area contributed by atoms with Gasteiger partial charge in [0.25, 0.3) is 0 Å². The Bertz CT molecular complexity index is 284. The molecule has 0 radical (unpaired) electrons. The summed E-state index contributed by atoms with van der Waals surface area (Å²) in [6, 6.07) is -1.86. The molecule has 0 rings (SSSR count). The van der Waals surface area contributed by atoms with Crippen LogP contribution >= 0.6 is 0 Å². The number of carbonyl (C=O) groups excluding carboxylic acids is 2. The molecule has 0 aliphatic carbocycles. The van der Waals surface area contributed by atoms with Gasteiger partial charge in [-0.05, 0) is 34.6 Å². The van der Waals surface area contributed by atoms with E-state index in [0.29, 0.717) is 0 Å². The molecule has 0 aromatic rings. The van der Waals surface area contributed by atoms with Crippen molar-refractivity contribution in [2.75, 3.05) is 0 Å². The minimum atomic E-state index is -1.06. The molecule has 0 spiro atoms. The Morgan fingerprint density at radius 3 is 2.12 bits per heavy atom. The van der Waals surface area contributed by atoms with Crippen molar-refractivity contribution >= 4 is 11.9 Å². The Morgan fingerprint density at radius 1 is 1.29 bits per heavy atom. The second-order valence-corrected chi connectivity index (χ2v) is 5.03. The average molecular weight is 246 g/mol. The van der Waals surface area contributed by atoms with Gasteiger partial charge < -0.3 is 20.9 Å². The van der Waals surface area contributed by atoms with Crippen LogP contribution in [0.1, 0.15) is 34.6 Å². The number of ether oxygens (including phenoxy) is 1. The van der Waals surface area contributed by atoms with E-state index in [9.17, 15) is 9.59 Å². The summed E-state index contributed by atoms with van der Waals surface area (Å²) in [5, 5.41) is 11.5. The molecule has 0 aromatic carbocycles. The van der Waals surface area contributed by atoms with Crippen molar-refractivity contribution in [3.8, 4) is 0 Å². The lowest BCUT2D eigenvalue weighted by molar-refractivity contribution is -0.158. The third kappa shape index (κ3) is 6.23. The molecule has 1 amide bonds. The molecule has 0 saturated carbocycles. The van der Waals surface area contributed by atoms with Gasteiger partial charge in [-0.2, -0.15) is 0 Å². The van der Waals surface area contributed by atoms with Crippen LogP contribution in [0, 0.1) is 0 Å². The third-order valence-electron chi connectivity index (χ3n) is 1.94. The van der Waals surface area contributed by atoms with Gasteiger partial charge >= 0.3 is 5.97 Å². The molecule has 3 atom stereocenters. The van der Waals surface area contributed by atoms with Crippen LogP contribution in [0.2, 0.25) is 0 Å². The van der Waals surface area contributed by atoms with Crippen molar-refractivity contribution < 1.29 is 19.4 Å². The molecule has 6 nitrogen and oxygen atoms in total. The highest BCUT2D eigenvalue weighted by Gasteiger charge is 2.26. The number of nitrogens with one attached hydrogen (secondary N) is 1. The van der Waals surface area contributed by atoms with Crippen molar-refractivity contribution in [3.05, 3.63) is 0 Å². The highest BCUT2D eigenvalue weighted by atomic mass is 16.6. The van der Waals surface area contributed by atoms with E-state index in [-0.39, 0.29) is 0 Å². The largest absolute Gasteiger partial charge is 0.458 e. The number of esters is 1. The van der Waals surface area contributed by atoms with Gasteiger partial charge in [0.15, 0.2) is 0 Å². The Hall–Kier alpha value is -1.14. The maximum atomic E-state index is 11.5. The average Bonchev–Trinajstić information content (AvgIpc) is 2.13. The SMILES string of the molecule is C[C@H](NC(=O)[C@H](N)[C@H](C)O)C(=O)OC(C)(C)C.